The molecule has 0 saturated carbocycles. The highest BCUT2D eigenvalue weighted by atomic mass is 35.5. The fraction of sp³-hybridized carbons (Fsp3) is 0.375. The number of nitrogens with one attached hydrogen (secondary N) is 1. The molecule has 3 rings (SSSR count). The Kier molecular flexibility index (Phi) is 7.13. The number of halogens is 6. The number of nitrogens with zero attached hydrogens (tertiary/aromatic N) is 2. The molecule has 0 bridgehead atoms. The van der Waals surface area contributed by atoms with E-state index in [4.69, 9.17) is 23.2 Å². The van der Waals surface area contributed by atoms with E-state index in [1.807, 2.05) is 6.07 Å². The van der Waals surface area contributed by atoms with Crippen LogP contribution in [-0.4, -0.2) is 35.1 Å². The van der Waals surface area contributed by atoms with Crippen LogP contribution in [0.2, 0.25) is 10.0 Å². The first-order valence-corrected chi connectivity index (χ1v) is 11.3. The number of carbonyl (C=O) groups excluding carboxylic acids is 2. The molecule has 1 aliphatic rings. The zero-order chi connectivity index (χ0) is 26.3. The van der Waals surface area contributed by atoms with Crippen LogP contribution >= 0.6 is 23.2 Å². The maximum absolute atomic E-state index is 14.4. The lowest BCUT2D eigenvalue weighted by Gasteiger charge is -2.50. The Balaban J connectivity index is 2.49. The molecule has 5 nitrogen and oxygen atoms in total. The maximum Gasteiger partial charge on any atom is 0.471 e. The van der Waals surface area contributed by atoms with Crippen LogP contribution in [0, 0.1) is 23.1 Å². The summed E-state index contributed by atoms with van der Waals surface area (Å²) in [5, 5.41) is 10.8. The standard InChI is InChI=1S/C24H21Cl2F4N3O2/c1-13(2)10-23(15-6-4-14(11-31)5-7-15,16-8-17(25)19(27)18(26)9-16)22(3)20(34)32-12-33(22)21(35)24(28,29)30/h4-9,13H,10,12H2,1-3H3,(H,32,34). The van der Waals surface area contributed by atoms with Crippen LogP contribution in [-0.2, 0) is 15.0 Å². The third-order valence-electron chi connectivity index (χ3n) is 6.40. The maximum atomic E-state index is 14.4. The average molecular weight is 530 g/mol. The first-order valence-electron chi connectivity index (χ1n) is 10.5. The van der Waals surface area contributed by atoms with E-state index in [1.54, 1.807) is 13.8 Å². The van der Waals surface area contributed by atoms with Gasteiger partial charge in [-0.1, -0.05) is 49.2 Å². The molecule has 11 heteroatoms. The predicted molar refractivity (Wildman–Crippen MR) is 122 cm³/mol. The van der Waals surface area contributed by atoms with Crippen molar-refractivity contribution in [3.05, 3.63) is 69.0 Å². The summed E-state index contributed by atoms with van der Waals surface area (Å²) in [7, 11) is 0. The van der Waals surface area contributed by atoms with Gasteiger partial charge in [0.2, 0.25) is 5.91 Å². The highest BCUT2D eigenvalue weighted by Gasteiger charge is 2.65. The average Bonchev–Trinajstić information content (AvgIpc) is 3.09. The summed E-state index contributed by atoms with van der Waals surface area (Å²) < 4.78 is 55.3. The van der Waals surface area contributed by atoms with Crippen molar-refractivity contribution in [2.24, 2.45) is 5.92 Å². The first kappa shape index (κ1) is 26.8. The largest absolute Gasteiger partial charge is 0.471 e. The third kappa shape index (κ3) is 4.34. The minimum Gasteiger partial charge on any atom is -0.336 e. The van der Waals surface area contributed by atoms with Gasteiger partial charge in [-0.25, -0.2) is 4.39 Å². The topological polar surface area (TPSA) is 73.2 Å². The molecule has 1 aliphatic heterocycles. The van der Waals surface area contributed by atoms with Crippen LogP contribution in [0.3, 0.4) is 0 Å². The minimum absolute atomic E-state index is 0.0444. The molecule has 1 N–H and O–H groups in total. The second kappa shape index (κ2) is 9.32. The van der Waals surface area contributed by atoms with Crippen molar-refractivity contribution >= 4 is 35.0 Å². The second-order valence-corrected chi connectivity index (χ2v) is 9.73. The van der Waals surface area contributed by atoms with E-state index in [0.29, 0.717) is 10.5 Å². The lowest BCUT2D eigenvalue weighted by Crippen LogP contribution is -2.65. The van der Waals surface area contributed by atoms with E-state index in [-0.39, 0.29) is 23.5 Å². The van der Waals surface area contributed by atoms with Crippen molar-refractivity contribution in [2.45, 2.75) is 44.3 Å². The molecular formula is C24H21Cl2F4N3O2. The van der Waals surface area contributed by atoms with Crippen molar-refractivity contribution < 1.29 is 27.2 Å². The molecule has 35 heavy (non-hydrogen) atoms. The minimum atomic E-state index is -5.26. The summed E-state index contributed by atoms with van der Waals surface area (Å²) >= 11 is 12.2. The number of benzene rings is 2. The molecule has 2 unspecified atom stereocenters. The van der Waals surface area contributed by atoms with Crippen LogP contribution in [0.5, 0.6) is 0 Å². The quantitative estimate of drug-likeness (QED) is 0.406. The predicted octanol–water partition coefficient (Wildman–Crippen LogP) is 5.57. The van der Waals surface area contributed by atoms with Gasteiger partial charge in [-0.3, -0.25) is 9.59 Å². The Bertz CT molecular complexity index is 1190. The van der Waals surface area contributed by atoms with Gasteiger partial charge >= 0.3 is 12.1 Å². The van der Waals surface area contributed by atoms with E-state index >= 15 is 0 Å². The Morgan fingerprint density at radius 1 is 1.17 bits per heavy atom. The van der Waals surface area contributed by atoms with Gasteiger partial charge in [-0.15, -0.1) is 0 Å². The van der Waals surface area contributed by atoms with Gasteiger partial charge in [0.15, 0.2) is 5.82 Å². The molecule has 1 heterocycles. The lowest BCUT2D eigenvalue weighted by molar-refractivity contribution is -0.191. The molecule has 0 spiro atoms. The van der Waals surface area contributed by atoms with Gasteiger partial charge in [0.05, 0.1) is 33.8 Å². The monoisotopic (exact) mass is 529 g/mol. The number of alkyl halides is 3. The highest BCUT2D eigenvalue weighted by molar-refractivity contribution is 6.35. The number of rotatable bonds is 5. The summed E-state index contributed by atoms with van der Waals surface area (Å²) in [6, 6.07) is 10.3. The number of nitriles is 1. The van der Waals surface area contributed by atoms with Gasteiger partial charge in [-0.2, -0.15) is 18.4 Å². The van der Waals surface area contributed by atoms with Crippen LogP contribution in [0.15, 0.2) is 36.4 Å². The van der Waals surface area contributed by atoms with Crippen LogP contribution < -0.4 is 5.32 Å². The molecule has 2 amide bonds. The second-order valence-electron chi connectivity index (χ2n) is 8.91. The molecule has 0 aromatic heterocycles. The van der Waals surface area contributed by atoms with Crippen molar-refractivity contribution in [1.29, 1.82) is 5.26 Å². The Morgan fingerprint density at radius 3 is 2.17 bits per heavy atom. The Morgan fingerprint density at radius 2 is 1.71 bits per heavy atom. The zero-order valence-electron chi connectivity index (χ0n) is 18.9. The van der Waals surface area contributed by atoms with E-state index < -0.39 is 51.5 Å². The van der Waals surface area contributed by atoms with E-state index in [9.17, 15) is 32.4 Å². The van der Waals surface area contributed by atoms with Gasteiger partial charge in [0.1, 0.15) is 5.54 Å². The van der Waals surface area contributed by atoms with E-state index in [0.717, 1.165) is 0 Å². The summed E-state index contributed by atoms with van der Waals surface area (Å²) in [4.78, 5) is 26.4. The number of hydrogen-bond acceptors (Lipinski definition) is 3. The molecule has 2 aromatic rings. The molecule has 0 radical (unpaired) electrons. The number of amides is 2. The van der Waals surface area contributed by atoms with Crippen LogP contribution in [0.4, 0.5) is 17.6 Å². The van der Waals surface area contributed by atoms with Crippen LogP contribution in [0.25, 0.3) is 0 Å². The van der Waals surface area contributed by atoms with Gasteiger partial charge < -0.3 is 10.2 Å². The number of carbonyl (C=O) groups is 2. The van der Waals surface area contributed by atoms with Crippen molar-refractivity contribution in [2.75, 3.05) is 6.67 Å². The normalized spacial score (nSPS) is 19.9. The molecule has 2 atom stereocenters. The van der Waals surface area contributed by atoms with Crippen LogP contribution in [0.1, 0.15) is 43.9 Å². The Labute approximate surface area is 209 Å². The summed E-state index contributed by atoms with van der Waals surface area (Å²) in [6.07, 6.45) is -5.22. The Hall–Kier alpha value is -2.83. The van der Waals surface area contributed by atoms with Gasteiger partial charge in [-0.05, 0) is 54.7 Å². The fourth-order valence-electron chi connectivity index (χ4n) is 4.86. The number of hydrogen-bond donors (Lipinski definition) is 1. The molecule has 2 aromatic carbocycles. The van der Waals surface area contributed by atoms with Crippen molar-refractivity contribution in [1.82, 2.24) is 10.2 Å². The highest BCUT2D eigenvalue weighted by Crippen LogP contribution is 2.52. The van der Waals surface area contributed by atoms with Gasteiger partial charge in [0, 0.05) is 0 Å². The zero-order valence-corrected chi connectivity index (χ0v) is 20.4. The van der Waals surface area contributed by atoms with E-state index in [1.165, 1.54) is 43.3 Å². The van der Waals surface area contributed by atoms with Crippen molar-refractivity contribution in [3.63, 3.8) is 0 Å². The lowest BCUT2D eigenvalue weighted by atomic mass is 9.57. The molecule has 0 aliphatic carbocycles. The molecule has 1 saturated heterocycles. The molecular weight excluding hydrogens is 509 g/mol. The van der Waals surface area contributed by atoms with Crippen molar-refractivity contribution in [3.8, 4) is 6.07 Å². The summed E-state index contributed by atoms with van der Waals surface area (Å²) in [5.74, 6) is -4.21. The summed E-state index contributed by atoms with van der Waals surface area (Å²) in [6.45, 7) is 4.13. The smallest absolute Gasteiger partial charge is 0.336 e. The summed E-state index contributed by atoms with van der Waals surface area (Å²) in [5.41, 5.74) is -3.07. The third-order valence-corrected chi connectivity index (χ3v) is 6.95. The van der Waals surface area contributed by atoms with E-state index in [2.05, 4.69) is 5.32 Å². The fourth-order valence-corrected chi connectivity index (χ4v) is 5.35. The molecule has 1 fully saturated rings. The molecule has 186 valence electrons. The SMILES string of the molecule is CC(C)CC(c1ccc(C#N)cc1)(c1cc(Cl)c(F)c(Cl)c1)C1(C)C(=O)NCN1C(=O)C(F)(F)F. The first-order chi connectivity index (χ1) is 16.2. The van der Waals surface area contributed by atoms with Gasteiger partial charge in [0.25, 0.3) is 0 Å².